The molecule has 0 heterocycles. The normalized spacial score (nSPS) is 10.3. The van der Waals surface area contributed by atoms with Gasteiger partial charge in [0.2, 0.25) is 0 Å². The number of hydrogen-bond donors (Lipinski definition) is 0. The summed E-state index contributed by atoms with van der Waals surface area (Å²) in [7, 11) is 0. The van der Waals surface area contributed by atoms with Gasteiger partial charge in [-0.1, -0.05) is 60.7 Å². The molecular formula is C20H14I2. The Labute approximate surface area is 157 Å². The van der Waals surface area contributed by atoms with Gasteiger partial charge in [-0.05, 0) is 91.0 Å². The van der Waals surface area contributed by atoms with Crippen molar-refractivity contribution in [3.8, 4) is 0 Å². The Morgan fingerprint density at radius 1 is 0.409 bits per heavy atom. The van der Waals surface area contributed by atoms with Crippen LogP contribution in [0.4, 0.5) is 0 Å². The molecule has 22 heavy (non-hydrogen) atoms. The van der Waals surface area contributed by atoms with Crippen LogP contribution >= 0.6 is 45.2 Å². The van der Waals surface area contributed by atoms with Crippen molar-refractivity contribution in [3.05, 3.63) is 92.1 Å². The first kappa shape index (κ1) is 15.7. The molecule has 0 unspecified atom stereocenters. The van der Waals surface area contributed by atoms with Crippen LogP contribution in [-0.2, 0) is 0 Å². The average Bonchev–Trinajstić information content (AvgIpc) is 2.56. The van der Waals surface area contributed by atoms with E-state index in [1.807, 2.05) is 0 Å². The first-order chi connectivity index (χ1) is 10.7. The predicted octanol–water partition coefficient (Wildman–Crippen LogP) is 6.89. The van der Waals surface area contributed by atoms with E-state index in [-0.39, 0.29) is 0 Å². The Hall–Kier alpha value is -1.14. The van der Waals surface area contributed by atoms with Crippen molar-refractivity contribution in [1.29, 1.82) is 0 Å². The van der Waals surface area contributed by atoms with Crippen molar-refractivity contribution in [3.63, 3.8) is 0 Å². The van der Waals surface area contributed by atoms with Gasteiger partial charge < -0.3 is 0 Å². The lowest BCUT2D eigenvalue weighted by atomic mass is 10.1. The van der Waals surface area contributed by atoms with Gasteiger partial charge in [0.1, 0.15) is 0 Å². The highest BCUT2D eigenvalue weighted by Crippen LogP contribution is 2.19. The van der Waals surface area contributed by atoms with Gasteiger partial charge in [-0.3, -0.25) is 0 Å². The molecule has 0 bridgehead atoms. The van der Waals surface area contributed by atoms with E-state index in [2.05, 4.69) is 130 Å². The van der Waals surface area contributed by atoms with Crippen molar-refractivity contribution < 1.29 is 0 Å². The second kappa shape index (κ2) is 7.42. The molecule has 2 heteroatoms. The van der Waals surface area contributed by atoms with Gasteiger partial charge in [0.15, 0.2) is 0 Å². The van der Waals surface area contributed by atoms with Crippen LogP contribution in [-0.4, -0.2) is 0 Å². The van der Waals surface area contributed by atoms with Crippen molar-refractivity contribution in [1.82, 2.24) is 0 Å². The molecule has 0 amide bonds. The quantitative estimate of drug-likeness (QED) is 0.227. The highest BCUT2D eigenvalue weighted by atomic mass is 127. The molecule has 0 saturated heterocycles. The second-order valence-electron chi connectivity index (χ2n) is 4.98. The Morgan fingerprint density at radius 2 is 0.773 bits per heavy atom. The first-order valence-electron chi connectivity index (χ1n) is 7.01. The zero-order valence-corrected chi connectivity index (χ0v) is 16.2. The monoisotopic (exact) mass is 508 g/mol. The van der Waals surface area contributed by atoms with Gasteiger partial charge in [0.25, 0.3) is 0 Å². The molecule has 108 valence electrons. The van der Waals surface area contributed by atoms with E-state index < -0.39 is 0 Å². The van der Waals surface area contributed by atoms with E-state index in [4.69, 9.17) is 0 Å². The Kier molecular flexibility index (Phi) is 5.31. The molecule has 4 aromatic rings. The molecule has 0 N–H and O–H groups in total. The minimum absolute atomic E-state index is 1.29. The van der Waals surface area contributed by atoms with Crippen LogP contribution in [0.2, 0.25) is 0 Å². The van der Waals surface area contributed by atoms with Gasteiger partial charge >= 0.3 is 0 Å². The van der Waals surface area contributed by atoms with E-state index >= 15 is 0 Å². The summed E-state index contributed by atoms with van der Waals surface area (Å²) in [6, 6.07) is 29.7. The van der Waals surface area contributed by atoms with Crippen molar-refractivity contribution in [2.24, 2.45) is 0 Å². The third-order valence-corrected chi connectivity index (χ3v) is 4.77. The van der Waals surface area contributed by atoms with Crippen LogP contribution < -0.4 is 0 Å². The van der Waals surface area contributed by atoms with E-state index in [9.17, 15) is 0 Å². The lowest BCUT2D eigenvalue weighted by Crippen LogP contribution is -1.76. The number of hydrogen-bond acceptors (Lipinski definition) is 0. The topological polar surface area (TPSA) is 0 Å². The third kappa shape index (κ3) is 3.98. The average molecular weight is 508 g/mol. The lowest BCUT2D eigenvalue weighted by Gasteiger charge is -1.98. The fourth-order valence-electron chi connectivity index (χ4n) is 2.32. The van der Waals surface area contributed by atoms with E-state index in [0.29, 0.717) is 0 Å². The molecule has 0 fully saturated rings. The fourth-order valence-corrected chi connectivity index (χ4v) is 3.35. The summed E-state index contributed by atoms with van der Waals surface area (Å²) < 4.78 is 2.59. The highest BCUT2D eigenvalue weighted by molar-refractivity contribution is 14.1. The first-order valence-corrected chi connectivity index (χ1v) is 9.17. The molecule has 0 aromatic heterocycles. The Bertz CT molecular complexity index is 807. The molecule has 0 nitrogen and oxygen atoms in total. The van der Waals surface area contributed by atoms with E-state index in [1.54, 1.807) is 0 Å². The van der Waals surface area contributed by atoms with E-state index in [1.165, 1.54) is 28.7 Å². The molecule has 0 atom stereocenters. The smallest absolute Gasteiger partial charge is 0.0136 e. The molecule has 0 radical (unpaired) electrons. The van der Waals surface area contributed by atoms with Gasteiger partial charge in [-0.25, -0.2) is 0 Å². The summed E-state index contributed by atoms with van der Waals surface area (Å²) in [5.41, 5.74) is 0. The maximum Gasteiger partial charge on any atom is 0.0136 e. The largest absolute Gasteiger partial charge is 0.0616 e. The van der Waals surface area contributed by atoms with Gasteiger partial charge in [-0.15, -0.1) is 0 Å². The molecule has 0 aliphatic heterocycles. The maximum absolute atomic E-state index is 2.33. The molecule has 0 aliphatic carbocycles. The van der Waals surface area contributed by atoms with Crippen molar-refractivity contribution in [2.75, 3.05) is 0 Å². The second-order valence-corrected chi connectivity index (χ2v) is 7.47. The predicted molar refractivity (Wildman–Crippen MR) is 113 cm³/mol. The molecule has 0 spiro atoms. The van der Waals surface area contributed by atoms with Gasteiger partial charge in [0, 0.05) is 7.14 Å². The highest BCUT2D eigenvalue weighted by Gasteiger charge is 1.94. The molecule has 0 saturated carbocycles. The SMILES string of the molecule is Ic1ccc2cc(I)ccc2c1.c1ccc2ccccc2c1. The van der Waals surface area contributed by atoms with Crippen LogP contribution in [0.1, 0.15) is 0 Å². The van der Waals surface area contributed by atoms with Crippen LogP contribution in [0.15, 0.2) is 84.9 Å². The summed E-state index contributed by atoms with van der Waals surface area (Å²) in [6.45, 7) is 0. The minimum atomic E-state index is 1.29. The van der Waals surface area contributed by atoms with Crippen molar-refractivity contribution >= 4 is 66.7 Å². The third-order valence-electron chi connectivity index (χ3n) is 3.42. The summed E-state index contributed by atoms with van der Waals surface area (Å²) in [5, 5.41) is 5.26. The summed E-state index contributed by atoms with van der Waals surface area (Å²) >= 11 is 4.67. The van der Waals surface area contributed by atoms with Gasteiger partial charge in [-0.2, -0.15) is 0 Å². The molecular weight excluding hydrogens is 494 g/mol. The number of fused-ring (bicyclic) bond motifs is 2. The van der Waals surface area contributed by atoms with Crippen LogP contribution in [0, 0.1) is 7.14 Å². The van der Waals surface area contributed by atoms with Crippen LogP contribution in [0.3, 0.4) is 0 Å². The van der Waals surface area contributed by atoms with Crippen LogP contribution in [0.5, 0.6) is 0 Å². The van der Waals surface area contributed by atoms with E-state index in [0.717, 1.165) is 0 Å². The molecule has 4 rings (SSSR count). The standard InChI is InChI=1S/C10H6I2.C10H8/c11-9-3-1-7-5-10(12)4-2-8(7)6-9;1-2-6-10-8-4-3-7-9(10)5-1/h1-6H;1-8H. The Balaban J connectivity index is 0.000000133. The maximum atomic E-state index is 2.33. The number of benzene rings is 4. The minimum Gasteiger partial charge on any atom is -0.0616 e. The van der Waals surface area contributed by atoms with Gasteiger partial charge in [0.05, 0.1) is 0 Å². The summed E-state index contributed by atoms with van der Waals surface area (Å²) in [4.78, 5) is 0. The number of rotatable bonds is 0. The molecule has 0 aliphatic rings. The zero-order valence-electron chi connectivity index (χ0n) is 11.8. The lowest BCUT2D eigenvalue weighted by molar-refractivity contribution is 1.67. The fraction of sp³-hybridized carbons (Fsp3) is 0. The summed E-state index contributed by atoms with van der Waals surface area (Å²) in [5.74, 6) is 0. The summed E-state index contributed by atoms with van der Waals surface area (Å²) in [6.07, 6.45) is 0. The Morgan fingerprint density at radius 3 is 1.14 bits per heavy atom. The van der Waals surface area contributed by atoms with Crippen molar-refractivity contribution in [2.45, 2.75) is 0 Å². The van der Waals surface area contributed by atoms with Crippen LogP contribution in [0.25, 0.3) is 21.5 Å². The zero-order chi connectivity index (χ0) is 15.4. The number of halogens is 2. The molecule has 4 aromatic carbocycles.